The van der Waals surface area contributed by atoms with Gasteiger partial charge in [0.2, 0.25) is 11.8 Å². The lowest BCUT2D eigenvalue weighted by Crippen LogP contribution is -2.57. The Morgan fingerprint density at radius 2 is 1.75 bits per heavy atom. The van der Waals surface area contributed by atoms with Gasteiger partial charge in [-0.2, -0.15) is 0 Å². The van der Waals surface area contributed by atoms with Crippen molar-refractivity contribution in [3.8, 4) is 0 Å². The van der Waals surface area contributed by atoms with Gasteiger partial charge >= 0.3 is 5.97 Å². The zero-order valence-corrected chi connectivity index (χ0v) is 24.2. The molecule has 4 rings (SSSR count). The van der Waals surface area contributed by atoms with E-state index in [9.17, 15) is 14.4 Å². The summed E-state index contributed by atoms with van der Waals surface area (Å²) in [6.07, 6.45) is 7.37. The summed E-state index contributed by atoms with van der Waals surface area (Å²) >= 11 is 0. The summed E-state index contributed by atoms with van der Waals surface area (Å²) in [5.74, 6) is -1.05. The highest BCUT2D eigenvalue weighted by atomic mass is 16.5. The third kappa shape index (κ3) is 6.14. The summed E-state index contributed by atoms with van der Waals surface area (Å²) < 4.78 is 5.22. The summed E-state index contributed by atoms with van der Waals surface area (Å²) in [7, 11) is 1.36. The fourth-order valence-electron chi connectivity index (χ4n) is 6.10. The van der Waals surface area contributed by atoms with Crippen molar-refractivity contribution in [3.05, 3.63) is 89.0 Å². The number of anilines is 1. The van der Waals surface area contributed by atoms with Crippen LogP contribution in [0.25, 0.3) is 0 Å². The van der Waals surface area contributed by atoms with Crippen molar-refractivity contribution < 1.29 is 19.1 Å². The molecule has 4 atom stereocenters. The molecule has 212 valence electrons. The molecule has 0 aromatic heterocycles. The first-order chi connectivity index (χ1) is 19.2. The minimum atomic E-state index is -0.824. The molecule has 40 heavy (non-hydrogen) atoms. The van der Waals surface area contributed by atoms with Crippen LogP contribution in [-0.4, -0.2) is 48.0 Å². The normalized spacial score (nSPS) is 22.0. The number of nitrogens with one attached hydrogen (secondary N) is 2. The van der Waals surface area contributed by atoms with Crippen LogP contribution in [0.15, 0.2) is 77.9 Å². The quantitative estimate of drug-likeness (QED) is 0.315. The molecular formula is C33H41N3O4. The lowest BCUT2D eigenvalue weighted by atomic mass is 9.75. The maximum atomic E-state index is 14.3. The molecule has 2 aromatic rings. The van der Waals surface area contributed by atoms with Crippen LogP contribution in [0.5, 0.6) is 0 Å². The van der Waals surface area contributed by atoms with Gasteiger partial charge in [-0.05, 0) is 63.6 Å². The molecule has 0 saturated carbocycles. The molecule has 0 radical (unpaired) electrons. The molecule has 2 aliphatic heterocycles. The number of para-hydroxylation sites is 1. The molecule has 2 aromatic carbocycles. The van der Waals surface area contributed by atoms with E-state index in [1.54, 1.807) is 4.90 Å². The standard InChI is InChI=1S/C33H41N3O4/c1-22(2)12-11-13-23(3)18-19-33-21-29(31(39)40-5)36(32(33)35-27-17-10-9-16-26(27)33)30(38)28(34-24(4)37)20-25-14-7-6-8-15-25/h6-10,12,14-18,28-29,32,35H,11,13,19-21H2,1-5H3,(H,34,37)/b23-18+/t28-,29-,32+,33+/m0/s1. The van der Waals surface area contributed by atoms with Crippen molar-refractivity contribution in [3.63, 3.8) is 0 Å². The highest BCUT2D eigenvalue weighted by molar-refractivity contribution is 5.92. The van der Waals surface area contributed by atoms with Crippen LogP contribution >= 0.6 is 0 Å². The van der Waals surface area contributed by atoms with E-state index in [0.717, 1.165) is 29.7 Å². The average molecular weight is 544 g/mol. The van der Waals surface area contributed by atoms with E-state index >= 15 is 0 Å². The van der Waals surface area contributed by atoms with Crippen LogP contribution in [0.1, 0.15) is 64.5 Å². The predicted octanol–water partition coefficient (Wildman–Crippen LogP) is 5.28. The van der Waals surface area contributed by atoms with E-state index in [2.05, 4.69) is 49.6 Å². The fourth-order valence-corrected chi connectivity index (χ4v) is 6.10. The predicted molar refractivity (Wildman–Crippen MR) is 158 cm³/mol. The fraction of sp³-hybridized carbons (Fsp3) is 0.424. The molecule has 2 amide bonds. The number of benzene rings is 2. The van der Waals surface area contributed by atoms with Crippen molar-refractivity contribution in [2.24, 2.45) is 0 Å². The van der Waals surface area contributed by atoms with Gasteiger partial charge in [0.1, 0.15) is 18.2 Å². The van der Waals surface area contributed by atoms with E-state index < -0.39 is 29.6 Å². The number of esters is 1. The van der Waals surface area contributed by atoms with Crippen molar-refractivity contribution in [2.45, 2.75) is 83.5 Å². The third-order valence-corrected chi connectivity index (χ3v) is 8.04. The summed E-state index contributed by atoms with van der Waals surface area (Å²) in [4.78, 5) is 41.4. The second kappa shape index (κ2) is 12.5. The summed E-state index contributed by atoms with van der Waals surface area (Å²) in [5, 5.41) is 6.43. The topological polar surface area (TPSA) is 87.7 Å². The molecule has 7 nitrogen and oxygen atoms in total. The van der Waals surface area contributed by atoms with Gasteiger partial charge in [0.25, 0.3) is 0 Å². The van der Waals surface area contributed by atoms with Crippen LogP contribution in [0, 0.1) is 0 Å². The van der Waals surface area contributed by atoms with Crippen LogP contribution in [0.2, 0.25) is 0 Å². The number of hydrogen-bond acceptors (Lipinski definition) is 5. The van der Waals surface area contributed by atoms with Crippen molar-refractivity contribution in [1.29, 1.82) is 0 Å². The molecule has 1 saturated heterocycles. The second-order valence-electron chi connectivity index (χ2n) is 11.3. The Kier molecular flexibility index (Phi) is 9.13. The molecule has 2 N–H and O–H groups in total. The average Bonchev–Trinajstić information content (AvgIpc) is 3.42. The molecule has 7 heteroatoms. The number of allylic oxidation sites excluding steroid dienone is 4. The highest BCUT2D eigenvalue weighted by Crippen LogP contribution is 2.53. The number of rotatable bonds is 10. The number of nitrogens with zero attached hydrogens (tertiary/aromatic N) is 1. The Hall–Kier alpha value is -3.87. The van der Waals surface area contributed by atoms with Crippen LogP contribution in [0.3, 0.4) is 0 Å². The number of likely N-dealkylation sites (tertiary alicyclic amines) is 1. The Bertz CT molecular complexity index is 1300. The molecule has 0 bridgehead atoms. The minimum absolute atomic E-state index is 0.299. The van der Waals surface area contributed by atoms with Gasteiger partial charge < -0.3 is 20.3 Å². The van der Waals surface area contributed by atoms with Crippen molar-refractivity contribution in [2.75, 3.05) is 12.4 Å². The first kappa shape index (κ1) is 29.1. The Labute approximate surface area is 237 Å². The largest absolute Gasteiger partial charge is 0.467 e. The SMILES string of the molecule is COC(=O)[C@@H]1C[C@]2(C/C=C(\C)CCC=C(C)C)c3ccccc3N[C@@H]2N1C(=O)[C@H](Cc1ccccc1)NC(C)=O. The lowest BCUT2D eigenvalue weighted by molar-refractivity contribution is -0.153. The number of fused-ring (bicyclic) bond motifs is 3. The number of carbonyl (C=O) groups is 3. The van der Waals surface area contributed by atoms with Crippen LogP contribution < -0.4 is 10.6 Å². The number of carbonyl (C=O) groups excluding carboxylic acids is 3. The van der Waals surface area contributed by atoms with Gasteiger partial charge in [0, 0.05) is 24.4 Å². The summed E-state index contributed by atoms with van der Waals surface area (Å²) in [6, 6.07) is 16.1. The van der Waals surface area contributed by atoms with Gasteiger partial charge in [0.15, 0.2) is 0 Å². The second-order valence-corrected chi connectivity index (χ2v) is 11.3. The summed E-state index contributed by atoms with van der Waals surface area (Å²) in [5.41, 5.74) is 5.04. The van der Waals surface area contributed by atoms with E-state index in [1.165, 1.54) is 25.2 Å². The van der Waals surface area contributed by atoms with E-state index in [0.29, 0.717) is 19.3 Å². The Morgan fingerprint density at radius 1 is 1.05 bits per heavy atom. The Balaban J connectivity index is 1.73. The zero-order chi connectivity index (χ0) is 28.9. The summed E-state index contributed by atoms with van der Waals surface area (Å²) in [6.45, 7) is 7.75. The molecule has 1 fully saturated rings. The van der Waals surface area contributed by atoms with Gasteiger partial charge in [-0.15, -0.1) is 0 Å². The van der Waals surface area contributed by atoms with Crippen molar-refractivity contribution in [1.82, 2.24) is 10.2 Å². The van der Waals surface area contributed by atoms with Gasteiger partial charge in [-0.3, -0.25) is 9.59 Å². The highest BCUT2D eigenvalue weighted by Gasteiger charge is 2.61. The number of hydrogen-bond donors (Lipinski definition) is 2. The molecule has 0 spiro atoms. The van der Waals surface area contributed by atoms with Crippen molar-refractivity contribution >= 4 is 23.5 Å². The van der Waals surface area contributed by atoms with Gasteiger partial charge in [-0.1, -0.05) is 71.8 Å². The number of ether oxygens (including phenoxy) is 1. The molecule has 2 heterocycles. The number of amides is 2. The third-order valence-electron chi connectivity index (χ3n) is 8.04. The molecule has 0 aliphatic carbocycles. The van der Waals surface area contributed by atoms with Crippen LogP contribution in [-0.2, 0) is 31.0 Å². The van der Waals surface area contributed by atoms with Gasteiger partial charge in [-0.25, -0.2) is 4.79 Å². The maximum absolute atomic E-state index is 14.3. The minimum Gasteiger partial charge on any atom is -0.467 e. The molecule has 0 unspecified atom stereocenters. The smallest absolute Gasteiger partial charge is 0.328 e. The van der Waals surface area contributed by atoms with Gasteiger partial charge in [0.05, 0.1) is 7.11 Å². The monoisotopic (exact) mass is 543 g/mol. The van der Waals surface area contributed by atoms with E-state index in [1.807, 2.05) is 48.5 Å². The first-order valence-electron chi connectivity index (χ1n) is 14.0. The first-order valence-corrected chi connectivity index (χ1v) is 14.0. The lowest BCUT2D eigenvalue weighted by Gasteiger charge is -2.35. The number of methoxy groups -OCH3 is 1. The molecule has 2 aliphatic rings. The zero-order valence-electron chi connectivity index (χ0n) is 24.2. The van der Waals surface area contributed by atoms with E-state index in [-0.39, 0.29) is 11.8 Å². The Morgan fingerprint density at radius 3 is 2.42 bits per heavy atom. The maximum Gasteiger partial charge on any atom is 0.328 e. The molecular weight excluding hydrogens is 502 g/mol. The van der Waals surface area contributed by atoms with E-state index in [4.69, 9.17) is 4.74 Å². The van der Waals surface area contributed by atoms with Crippen LogP contribution in [0.4, 0.5) is 5.69 Å².